The van der Waals surface area contributed by atoms with E-state index in [9.17, 15) is 0 Å². The van der Waals surface area contributed by atoms with Crippen LogP contribution in [0.25, 0.3) is 0 Å². The topological polar surface area (TPSA) is 62.0 Å². The van der Waals surface area contributed by atoms with Gasteiger partial charge in [0.05, 0.1) is 19.3 Å². The molecule has 0 heterocycles. The van der Waals surface area contributed by atoms with E-state index in [4.69, 9.17) is 14.9 Å². The summed E-state index contributed by atoms with van der Waals surface area (Å²) in [6, 6.07) is -0.0405. The Morgan fingerprint density at radius 1 is 1.42 bits per heavy atom. The molecule has 0 saturated carbocycles. The molecule has 0 aromatic rings. The van der Waals surface area contributed by atoms with Crippen molar-refractivity contribution in [2.75, 3.05) is 13.2 Å². The molecule has 12 heavy (non-hydrogen) atoms. The largest absolute Gasteiger partial charge is 0.374 e. The van der Waals surface area contributed by atoms with Crippen molar-refractivity contribution in [3.05, 3.63) is 12.7 Å². The number of aliphatic imine (C=N–C) groups is 1. The van der Waals surface area contributed by atoms with Crippen molar-refractivity contribution in [3.8, 4) is 0 Å². The molecule has 0 radical (unpaired) electrons. The molecule has 0 aliphatic carbocycles. The number of hydrogen-bond donors (Lipinski definition) is 2. The Labute approximate surface area is 72.2 Å². The van der Waals surface area contributed by atoms with E-state index in [2.05, 4.69) is 18.3 Å². The molecular formula is C8H15NO3. The first-order valence-corrected chi connectivity index (χ1v) is 3.71. The minimum atomic E-state index is -1.42. The van der Waals surface area contributed by atoms with Gasteiger partial charge in [-0.1, -0.05) is 6.08 Å². The van der Waals surface area contributed by atoms with Crippen molar-refractivity contribution in [3.63, 3.8) is 0 Å². The van der Waals surface area contributed by atoms with E-state index in [0.29, 0.717) is 13.0 Å². The van der Waals surface area contributed by atoms with Crippen LogP contribution in [0.1, 0.15) is 6.42 Å². The second kappa shape index (κ2) is 6.97. The van der Waals surface area contributed by atoms with Crippen molar-refractivity contribution in [2.45, 2.75) is 18.8 Å². The van der Waals surface area contributed by atoms with E-state index in [-0.39, 0.29) is 12.6 Å². The minimum Gasteiger partial charge on any atom is -0.374 e. The predicted molar refractivity (Wildman–Crippen MR) is 47.2 cm³/mol. The first-order valence-electron chi connectivity index (χ1n) is 3.71. The highest BCUT2D eigenvalue weighted by atomic mass is 16.5. The van der Waals surface area contributed by atoms with E-state index in [0.717, 1.165) is 0 Å². The van der Waals surface area contributed by atoms with Crippen LogP contribution in [0.4, 0.5) is 0 Å². The van der Waals surface area contributed by atoms with Crippen molar-refractivity contribution < 1.29 is 14.9 Å². The molecule has 1 atom stereocenters. The Morgan fingerprint density at radius 2 is 2.08 bits per heavy atom. The van der Waals surface area contributed by atoms with E-state index in [1.54, 1.807) is 6.08 Å². The molecule has 0 fully saturated rings. The summed E-state index contributed by atoms with van der Waals surface area (Å²) in [4.78, 5) is 3.77. The maximum Gasteiger partial charge on any atom is 0.175 e. The van der Waals surface area contributed by atoms with E-state index in [1.807, 2.05) is 0 Å². The Morgan fingerprint density at radius 3 is 2.50 bits per heavy atom. The summed E-state index contributed by atoms with van der Waals surface area (Å²) in [7, 11) is 0. The first-order chi connectivity index (χ1) is 5.70. The number of rotatable bonds is 7. The monoisotopic (exact) mass is 173 g/mol. The molecule has 0 spiro atoms. The van der Waals surface area contributed by atoms with Gasteiger partial charge in [-0.2, -0.15) is 0 Å². The molecule has 4 nitrogen and oxygen atoms in total. The standard InChI is InChI=1S/C8H15NO3/c1-3-4-7(9-2)5-12-6-8(10)11/h3,7-8,10-11H,1-2,4-6H2. The summed E-state index contributed by atoms with van der Waals surface area (Å²) >= 11 is 0. The van der Waals surface area contributed by atoms with E-state index >= 15 is 0 Å². The molecule has 1 unspecified atom stereocenters. The Kier molecular flexibility index (Phi) is 6.55. The summed E-state index contributed by atoms with van der Waals surface area (Å²) in [6.07, 6.45) is 0.988. The van der Waals surface area contributed by atoms with Crippen LogP contribution < -0.4 is 0 Å². The Balaban J connectivity index is 3.44. The Bertz CT molecular complexity index is 136. The van der Waals surface area contributed by atoms with Gasteiger partial charge < -0.3 is 14.9 Å². The SMILES string of the molecule is C=CCC(COCC(O)O)N=C. The highest BCUT2D eigenvalue weighted by Crippen LogP contribution is 1.98. The summed E-state index contributed by atoms with van der Waals surface area (Å²) in [6.45, 7) is 7.17. The molecule has 4 heteroatoms. The maximum atomic E-state index is 8.43. The van der Waals surface area contributed by atoms with Gasteiger partial charge in [0.25, 0.3) is 0 Å². The zero-order valence-corrected chi connectivity index (χ0v) is 7.02. The van der Waals surface area contributed by atoms with Crippen molar-refractivity contribution >= 4 is 6.72 Å². The van der Waals surface area contributed by atoms with Gasteiger partial charge in [0.15, 0.2) is 6.29 Å². The summed E-state index contributed by atoms with van der Waals surface area (Å²) in [5.41, 5.74) is 0. The third-order valence-electron chi connectivity index (χ3n) is 1.27. The lowest BCUT2D eigenvalue weighted by Crippen LogP contribution is -2.19. The van der Waals surface area contributed by atoms with Crippen LogP contribution in [0, 0.1) is 0 Å². The molecule has 0 aliphatic heterocycles. The highest BCUT2D eigenvalue weighted by Gasteiger charge is 2.04. The van der Waals surface area contributed by atoms with Gasteiger partial charge in [0, 0.05) is 0 Å². The lowest BCUT2D eigenvalue weighted by atomic mass is 10.2. The third kappa shape index (κ3) is 6.03. The molecule has 0 saturated heterocycles. The number of ether oxygens (including phenoxy) is 1. The molecule has 0 rings (SSSR count). The van der Waals surface area contributed by atoms with Gasteiger partial charge in [0.1, 0.15) is 0 Å². The van der Waals surface area contributed by atoms with Crippen molar-refractivity contribution in [2.24, 2.45) is 4.99 Å². The van der Waals surface area contributed by atoms with Crippen LogP contribution in [-0.4, -0.2) is 42.5 Å². The second-order valence-corrected chi connectivity index (χ2v) is 2.38. The van der Waals surface area contributed by atoms with Gasteiger partial charge in [-0.25, -0.2) is 0 Å². The van der Waals surface area contributed by atoms with Gasteiger partial charge >= 0.3 is 0 Å². The lowest BCUT2D eigenvalue weighted by Gasteiger charge is -2.10. The molecule has 2 N–H and O–H groups in total. The van der Waals surface area contributed by atoms with Crippen LogP contribution in [0.3, 0.4) is 0 Å². The maximum absolute atomic E-state index is 8.43. The predicted octanol–water partition coefficient (Wildman–Crippen LogP) is -0.0410. The summed E-state index contributed by atoms with van der Waals surface area (Å²) < 4.78 is 4.92. The van der Waals surface area contributed by atoms with Crippen LogP contribution in [0.2, 0.25) is 0 Å². The molecule has 70 valence electrons. The van der Waals surface area contributed by atoms with Gasteiger partial charge in [0.2, 0.25) is 0 Å². The normalized spacial score (nSPS) is 12.9. The average molecular weight is 173 g/mol. The zero-order valence-electron chi connectivity index (χ0n) is 7.02. The molecule has 0 bridgehead atoms. The lowest BCUT2D eigenvalue weighted by molar-refractivity contribution is -0.0958. The van der Waals surface area contributed by atoms with Crippen molar-refractivity contribution in [1.29, 1.82) is 0 Å². The Hall–Kier alpha value is -0.710. The van der Waals surface area contributed by atoms with Crippen LogP contribution in [0.5, 0.6) is 0 Å². The van der Waals surface area contributed by atoms with Gasteiger partial charge in [-0.05, 0) is 13.1 Å². The zero-order chi connectivity index (χ0) is 9.40. The van der Waals surface area contributed by atoms with Gasteiger partial charge in [-0.15, -0.1) is 6.58 Å². The number of hydrogen-bond acceptors (Lipinski definition) is 4. The fraction of sp³-hybridized carbons (Fsp3) is 0.625. The molecular weight excluding hydrogens is 158 g/mol. The van der Waals surface area contributed by atoms with Crippen LogP contribution in [0.15, 0.2) is 17.6 Å². The van der Waals surface area contributed by atoms with Crippen LogP contribution >= 0.6 is 0 Å². The molecule has 0 aromatic heterocycles. The molecule has 0 amide bonds. The summed E-state index contributed by atoms with van der Waals surface area (Å²) in [5.74, 6) is 0. The quantitative estimate of drug-likeness (QED) is 0.322. The fourth-order valence-corrected chi connectivity index (χ4v) is 0.697. The smallest absolute Gasteiger partial charge is 0.175 e. The summed E-state index contributed by atoms with van der Waals surface area (Å²) in [5, 5.41) is 16.9. The van der Waals surface area contributed by atoms with Gasteiger partial charge in [-0.3, -0.25) is 4.99 Å². The van der Waals surface area contributed by atoms with E-state index < -0.39 is 6.29 Å². The highest BCUT2D eigenvalue weighted by molar-refractivity contribution is 5.24. The second-order valence-electron chi connectivity index (χ2n) is 2.38. The average Bonchev–Trinajstić information content (AvgIpc) is 2.02. The molecule has 0 aliphatic rings. The number of nitrogens with zero attached hydrogens (tertiary/aromatic N) is 1. The minimum absolute atomic E-state index is 0.0405. The molecule has 0 aromatic carbocycles. The fourth-order valence-electron chi connectivity index (χ4n) is 0.697. The first kappa shape index (κ1) is 11.3. The number of aliphatic hydroxyl groups excluding tert-OH is 1. The third-order valence-corrected chi connectivity index (χ3v) is 1.27. The number of aliphatic hydroxyl groups is 2. The van der Waals surface area contributed by atoms with E-state index in [1.165, 1.54) is 0 Å². The van der Waals surface area contributed by atoms with Crippen LogP contribution in [-0.2, 0) is 4.74 Å². The van der Waals surface area contributed by atoms with Crippen molar-refractivity contribution in [1.82, 2.24) is 0 Å².